The van der Waals surface area contributed by atoms with Crippen LogP contribution in [0.25, 0.3) is 0 Å². The van der Waals surface area contributed by atoms with E-state index in [0.29, 0.717) is 29.6 Å². The Morgan fingerprint density at radius 3 is 2.64 bits per heavy atom. The molecule has 4 aliphatic rings. The Kier molecular flexibility index (Phi) is 5.61. The molecule has 1 N–H and O–H groups in total. The lowest BCUT2D eigenvalue weighted by Crippen LogP contribution is -2.58. The van der Waals surface area contributed by atoms with Crippen LogP contribution >= 0.6 is 0 Å². The lowest BCUT2D eigenvalue weighted by Gasteiger charge is -2.62. The van der Waals surface area contributed by atoms with E-state index in [9.17, 15) is 9.90 Å². The van der Waals surface area contributed by atoms with E-state index in [-0.39, 0.29) is 17.5 Å². The van der Waals surface area contributed by atoms with Gasteiger partial charge in [0.25, 0.3) is 0 Å². The van der Waals surface area contributed by atoms with Crippen molar-refractivity contribution in [1.82, 2.24) is 0 Å². The molecule has 28 heavy (non-hydrogen) atoms. The second-order valence-electron chi connectivity index (χ2n) is 11.3. The molecule has 0 aromatic carbocycles. The molecule has 4 rings (SSSR count). The highest BCUT2D eigenvalue weighted by atomic mass is 16.5. The first-order chi connectivity index (χ1) is 13.3. The van der Waals surface area contributed by atoms with E-state index in [4.69, 9.17) is 4.74 Å². The monoisotopic (exact) mass is 390 g/mol. The number of aliphatic hydroxyl groups is 1. The Bertz CT molecular complexity index is 588. The van der Waals surface area contributed by atoms with E-state index in [2.05, 4.69) is 20.8 Å². The van der Waals surface area contributed by atoms with E-state index in [1.54, 1.807) is 0 Å². The molecule has 0 bridgehead atoms. The first kappa shape index (κ1) is 20.7. The van der Waals surface area contributed by atoms with Crippen LogP contribution in [-0.2, 0) is 9.53 Å². The summed E-state index contributed by atoms with van der Waals surface area (Å²) >= 11 is 0. The first-order valence-corrected chi connectivity index (χ1v) is 12.1. The number of fused-ring (bicyclic) bond motifs is 5. The molecule has 160 valence electrons. The van der Waals surface area contributed by atoms with E-state index < -0.39 is 0 Å². The minimum atomic E-state index is -0.177. The second kappa shape index (κ2) is 7.60. The van der Waals surface area contributed by atoms with Crippen molar-refractivity contribution < 1.29 is 14.6 Å². The third kappa shape index (κ3) is 3.06. The van der Waals surface area contributed by atoms with Gasteiger partial charge in [0.2, 0.25) is 0 Å². The quantitative estimate of drug-likeness (QED) is 0.636. The summed E-state index contributed by atoms with van der Waals surface area (Å²) in [5.74, 6) is 4.02. The van der Waals surface area contributed by atoms with Crippen molar-refractivity contribution in [2.45, 2.75) is 97.5 Å². The maximum absolute atomic E-state index is 11.6. The summed E-state index contributed by atoms with van der Waals surface area (Å²) in [6, 6.07) is 0. The maximum atomic E-state index is 11.6. The first-order valence-electron chi connectivity index (χ1n) is 12.1. The lowest BCUT2D eigenvalue weighted by molar-refractivity contribution is -0.168. The Morgan fingerprint density at radius 1 is 1.11 bits per heavy atom. The van der Waals surface area contributed by atoms with Gasteiger partial charge in [0.1, 0.15) is 0 Å². The summed E-state index contributed by atoms with van der Waals surface area (Å²) in [5, 5.41) is 11.5. The zero-order chi connectivity index (χ0) is 20.1. The Morgan fingerprint density at radius 2 is 1.89 bits per heavy atom. The summed E-state index contributed by atoms with van der Waals surface area (Å²) in [6.07, 6.45) is 13.2. The molecule has 0 aromatic rings. The number of aliphatic hydroxyl groups excluding tert-OH is 1. The number of methoxy groups -OCH3 is 1. The SMILES string of the molecule is COC(=O)CC[C@H](C)[C@H]1CC[C@H]2[C@H]3CC[C@@H]4CCCC[C@]4(C)[C@H]3C[C@H](O)[C@]12C. The molecule has 0 aromatic heterocycles. The van der Waals surface area contributed by atoms with E-state index in [1.807, 2.05) is 0 Å². The van der Waals surface area contributed by atoms with Crippen LogP contribution in [0, 0.1) is 46.3 Å². The minimum Gasteiger partial charge on any atom is -0.469 e. The van der Waals surface area contributed by atoms with Gasteiger partial charge < -0.3 is 9.84 Å². The van der Waals surface area contributed by atoms with Gasteiger partial charge in [0, 0.05) is 6.42 Å². The van der Waals surface area contributed by atoms with Crippen molar-refractivity contribution in [1.29, 1.82) is 0 Å². The Balaban J connectivity index is 1.54. The van der Waals surface area contributed by atoms with Crippen LogP contribution in [0.2, 0.25) is 0 Å². The van der Waals surface area contributed by atoms with Gasteiger partial charge in [-0.05, 0) is 97.7 Å². The number of carbonyl (C=O) groups excluding carboxylic acids is 1. The van der Waals surface area contributed by atoms with Gasteiger partial charge in [0.15, 0.2) is 0 Å². The second-order valence-corrected chi connectivity index (χ2v) is 11.3. The molecule has 4 fully saturated rings. The smallest absolute Gasteiger partial charge is 0.305 e. The van der Waals surface area contributed by atoms with Gasteiger partial charge in [-0.25, -0.2) is 0 Å². The fraction of sp³-hybridized carbons (Fsp3) is 0.960. The van der Waals surface area contributed by atoms with Crippen LogP contribution in [0.3, 0.4) is 0 Å². The third-order valence-electron chi connectivity index (χ3n) is 10.5. The zero-order valence-corrected chi connectivity index (χ0v) is 18.6. The van der Waals surface area contributed by atoms with Gasteiger partial charge in [-0.1, -0.05) is 33.6 Å². The molecule has 4 saturated carbocycles. The van der Waals surface area contributed by atoms with Crippen LogP contribution < -0.4 is 0 Å². The molecule has 0 radical (unpaired) electrons. The van der Waals surface area contributed by atoms with E-state index >= 15 is 0 Å². The van der Waals surface area contributed by atoms with Gasteiger partial charge in [-0.15, -0.1) is 0 Å². The number of rotatable bonds is 4. The van der Waals surface area contributed by atoms with Crippen molar-refractivity contribution in [3.63, 3.8) is 0 Å². The van der Waals surface area contributed by atoms with Crippen molar-refractivity contribution in [2.75, 3.05) is 7.11 Å². The molecule has 9 atom stereocenters. The standard InChI is InChI=1S/C25H42O3/c1-16(8-13-23(27)28-4)19-11-12-20-18-10-9-17-7-5-6-14-24(17,2)21(18)15-22(26)25(19,20)3/h16-22,26H,5-15H2,1-4H3/t16-,17-,18+,19+,20-,21-,22-,24-,25+/m0/s1. The molecule has 0 spiro atoms. The van der Waals surface area contributed by atoms with Crippen LogP contribution in [0.5, 0.6) is 0 Å². The largest absolute Gasteiger partial charge is 0.469 e. The predicted molar refractivity (Wildman–Crippen MR) is 112 cm³/mol. The normalized spacial score (nSPS) is 48.9. The molecule has 4 aliphatic carbocycles. The fourth-order valence-corrected chi connectivity index (χ4v) is 8.87. The van der Waals surface area contributed by atoms with Crippen LogP contribution in [0.15, 0.2) is 0 Å². The number of esters is 1. The lowest BCUT2D eigenvalue weighted by atomic mass is 9.44. The summed E-state index contributed by atoms with van der Waals surface area (Å²) in [6.45, 7) is 7.29. The Hall–Kier alpha value is -0.570. The highest BCUT2D eigenvalue weighted by Crippen LogP contribution is 2.68. The maximum Gasteiger partial charge on any atom is 0.305 e. The van der Waals surface area contributed by atoms with Gasteiger partial charge in [-0.2, -0.15) is 0 Å². The summed E-state index contributed by atoms with van der Waals surface area (Å²) in [7, 11) is 1.48. The van der Waals surface area contributed by atoms with Crippen LogP contribution in [0.4, 0.5) is 0 Å². The molecule has 0 unspecified atom stereocenters. The van der Waals surface area contributed by atoms with Gasteiger partial charge in [-0.3, -0.25) is 4.79 Å². The van der Waals surface area contributed by atoms with E-state index in [1.165, 1.54) is 58.5 Å². The van der Waals surface area contributed by atoms with Crippen LogP contribution in [0.1, 0.15) is 91.4 Å². The van der Waals surface area contributed by atoms with Crippen molar-refractivity contribution in [3.05, 3.63) is 0 Å². The van der Waals surface area contributed by atoms with E-state index in [0.717, 1.165) is 30.6 Å². The number of carbonyl (C=O) groups is 1. The molecular formula is C25H42O3. The summed E-state index contributed by atoms with van der Waals surface area (Å²) < 4.78 is 4.86. The number of hydrogen-bond acceptors (Lipinski definition) is 3. The number of ether oxygens (including phenoxy) is 1. The molecule has 0 aliphatic heterocycles. The summed E-state index contributed by atoms with van der Waals surface area (Å²) in [5.41, 5.74) is 0.507. The van der Waals surface area contributed by atoms with Gasteiger partial charge >= 0.3 is 5.97 Å². The highest BCUT2D eigenvalue weighted by molar-refractivity contribution is 5.69. The molecule has 0 saturated heterocycles. The molecule has 3 heteroatoms. The fourth-order valence-electron chi connectivity index (χ4n) is 8.87. The molecule has 0 amide bonds. The van der Waals surface area contributed by atoms with Crippen molar-refractivity contribution >= 4 is 5.97 Å². The molecule has 3 nitrogen and oxygen atoms in total. The predicted octanol–water partition coefficient (Wildman–Crippen LogP) is 5.60. The van der Waals surface area contributed by atoms with Crippen molar-refractivity contribution in [3.8, 4) is 0 Å². The van der Waals surface area contributed by atoms with Crippen LogP contribution in [-0.4, -0.2) is 24.3 Å². The number of hydrogen-bond donors (Lipinski definition) is 1. The third-order valence-corrected chi connectivity index (χ3v) is 10.5. The molecule has 0 heterocycles. The average molecular weight is 391 g/mol. The van der Waals surface area contributed by atoms with Crippen molar-refractivity contribution in [2.24, 2.45) is 46.3 Å². The minimum absolute atomic E-state index is 0.0363. The zero-order valence-electron chi connectivity index (χ0n) is 18.6. The highest BCUT2D eigenvalue weighted by Gasteiger charge is 2.63. The molecular weight excluding hydrogens is 348 g/mol. The summed E-state index contributed by atoms with van der Waals surface area (Å²) in [4.78, 5) is 11.6. The Labute approximate surface area is 172 Å². The topological polar surface area (TPSA) is 46.5 Å². The average Bonchev–Trinajstić information content (AvgIpc) is 3.05. The van der Waals surface area contributed by atoms with Gasteiger partial charge in [0.05, 0.1) is 13.2 Å².